The number of hydrogen-bond acceptors (Lipinski definition) is 2. The number of thioether (sulfide) groups is 1. The molecule has 0 spiro atoms. The second-order valence-corrected chi connectivity index (χ2v) is 5.81. The normalized spacial score (nSPS) is 11.4. The first kappa shape index (κ1) is 14.0. The summed E-state index contributed by atoms with van der Waals surface area (Å²) in [4.78, 5) is 0. The Hall–Kier alpha value is -1.38. The molecule has 0 saturated heterocycles. The van der Waals surface area contributed by atoms with E-state index >= 15 is 0 Å². The van der Waals surface area contributed by atoms with Gasteiger partial charge in [-0.2, -0.15) is 0 Å². The van der Waals surface area contributed by atoms with Crippen molar-refractivity contribution in [2.24, 2.45) is 0 Å². The summed E-state index contributed by atoms with van der Waals surface area (Å²) in [5.74, 6) is 0. The lowest BCUT2D eigenvalue weighted by Crippen LogP contribution is -1.94. The van der Waals surface area contributed by atoms with Crippen molar-refractivity contribution in [3.8, 4) is 0 Å². The summed E-state index contributed by atoms with van der Waals surface area (Å²) in [5.41, 5.74) is 4.73. The number of rotatable bonds is 3. The van der Waals surface area contributed by atoms with E-state index in [1.165, 1.54) is 16.7 Å². The van der Waals surface area contributed by atoms with Gasteiger partial charge in [0.05, 0.1) is 4.20 Å². The van der Waals surface area contributed by atoms with Gasteiger partial charge in [-0.15, -0.1) is 11.8 Å². The SMILES string of the molecule is CSC(=S)/C(=C\c1ccccc1)c1ccc(C)cc1. The van der Waals surface area contributed by atoms with Gasteiger partial charge in [-0.3, -0.25) is 0 Å². The van der Waals surface area contributed by atoms with E-state index in [4.69, 9.17) is 12.2 Å². The van der Waals surface area contributed by atoms with E-state index in [9.17, 15) is 0 Å². The Morgan fingerprint density at radius 3 is 2.21 bits per heavy atom. The van der Waals surface area contributed by atoms with Gasteiger partial charge in [0.2, 0.25) is 0 Å². The van der Waals surface area contributed by atoms with E-state index in [2.05, 4.69) is 49.4 Å². The van der Waals surface area contributed by atoms with Crippen molar-refractivity contribution >= 4 is 39.8 Å². The lowest BCUT2D eigenvalue weighted by atomic mass is 10.0. The zero-order chi connectivity index (χ0) is 13.7. The fraction of sp³-hybridized carbons (Fsp3) is 0.118. The van der Waals surface area contributed by atoms with Gasteiger partial charge in [-0.25, -0.2) is 0 Å². The standard InChI is InChI=1S/C17H16S2/c1-13-8-10-15(11-9-13)16(17(18)19-2)12-14-6-4-3-5-7-14/h3-12H,1-2H3/b16-12-. The maximum absolute atomic E-state index is 5.49. The molecule has 0 fully saturated rings. The summed E-state index contributed by atoms with van der Waals surface area (Å²) < 4.78 is 0.924. The molecule has 0 aliphatic carbocycles. The maximum Gasteiger partial charge on any atom is 0.0781 e. The fourth-order valence-corrected chi connectivity index (χ4v) is 2.39. The van der Waals surface area contributed by atoms with E-state index in [-0.39, 0.29) is 0 Å². The summed E-state index contributed by atoms with van der Waals surface area (Å²) in [6.45, 7) is 2.09. The van der Waals surface area contributed by atoms with Gasteiger partial charge in [0.25, 0.3) is 0 Å². The van der Waals surface area contributed by atoms with E-state index in [1.54, 1.807) is 11.8 Å². The summed E-state index contributed by atoms with van der Waals surface area (Å²) in [6, 6.07) is 18.8. The van der Waals surface area contributed by atoms with Crippen LogP contribution in [-0.2, 0) is 0 Å². The highest BCUT2D eigenvalue weighted by atomic mass is 32.2. The Kier molecular flexibility index (Phi) is 4.94. The van der Waals surface area contributed by atoms with Crippen LogP contribution >= 0.6 is 24.0 Å². The predicted octanol–water partition coefficient (Wildman–Crippen LogP) is 5.23. The minimum absolute atomic E-state index is 0.924. The molecular formula is C17H16S2. The summed E-state index contributed by atoms with van der Waals surface area (Å²) in [5, 5.41) is 0. The Morgan fingerprint density at radius 1 is 1.00 bits per heavy atom. The summed E-state index contributed by atoms with van der Waals surface area (Å²) >= 11 is 7.10. The van der Waals surface area contributed by atoms with Gasteiger partial charge in [0, 0.05) is 5.57 Å². The molecule has 0 N–H and O–H groups in total. The van der Waals surface area contributed by atoms with Crippen LogP contribution < -0.4 is 0 Å². The van der Waals surface area contributed by atoms with Crippen LogP contribution in [0.15, 0.2) is 54.6 Å². The predicted molar refractivity (Wildman–Crippen MR) is 91.6 cm³/mol. The molecular weight excluding hydrogens is 268 g/mol. The molecule has 0 radical (unpaired) electrons. The summed E-state index contributed by atoms with van der Waals surface area (Å²) in [7, 11) is 0. The number of hydrogen-bond donors (Lipinski definition) is 0. The van der Waals surface area contributed by atoms with E-state index < -0.39 is 0 Å². The zero-order valence-corrected chi connectivity index (χ0v) is 12.7. The molecule has 0 nitrogen and oxygen atoms in total. The first-order chi connectivity index (χ1) is 9.20. The van der Waals surface area contributed by atoms with Crippen LogP contribution in [0.2, 0.25) is 0 Å². The van der Waals surface area contributed by atoms with Gasteiger partial charge in [0.15, 0.2) is 0 Å². The quantitative estimate of drug-likeness (QED) is 0.430. The minimum Gasteiger partial charge on any atom is -0.117 e. The van der Waals surface area contributed by atoms with Crippen LogP contribution in [0.4, 0.5) is 0 Å². The van der Waals surface area contributed by atoms with Crippen molar-refractivity contribution < 1.29 is 0 Å². The van der Waals surface area contributed by atoms with Crippen molar-refractivity contribution in [1.29, 1.82) is 0 Å². The second kappa shape index (κ2) is 6.69. The largest absolute Gasteiger partial charge is 0.117 e. The van der Waals surface area contributed by atoms with Crippen molar-refractivity contribution in [3.63, 3.8) is 0 Å². The third-order valence-electron chi connectivity index (χ3n) is 2.88. The van der Waals surface area contributed by atoms with Crippen LogP contribution in [-0.4, -0.2) is 10.5 Å². The molecule has 0 aliphatic heterocycles. The molecule has 0 saturated carbocycles. The topological polar surface area (TPSA) is 0 Å². The molecule has 0 atom stereocenters. The molecule has 2 aromatic carbocycles. The Bertz CT molecular complexity index is 580. The van der Waals surface area contributed by atoms with Crippen molar-refractivity contribution in [2.75, 3.05) is 6.26 Å². The monoisotopic (exact) mass is 284 g/mol. The number of thiocarbonyl (C=S) groups is 1. The Morgan fingerprint density at radius 2 is 1.63 bits per heavy atom. The van der Waals surface area contributed by atoms with Crippen LogP contribution in [0.5, 0.6) is 0 Å². The average molecular weight is 284 g/mol. The molecule has 2 heteroatoms. The average Bonchev–Trinajstić information content (AvgIpc) is 2.46. The fourth-order valence-electron chi connectivity index (χ4n) is 1.82. The van der Waals surface area contributed by atoms with Crippen molar-refractivity contribution in [2.45, 2.75) is 6.92 Å². The van der Waals surface area contributed by atoms with Gasteiger partial charge in [0.1, 0.15) is 0 Å². The van der Waals surface area contributed by atoms with Gasteiger partial charge >= 0.3 is 0 Å². The van der Waals surface area contributed by atoms with Gasteiger partial charge < -0.3 is 0 Å². The van der Waals surface area contributed by atoms with Crippen LogP contribution in [0.1, 0.15) is 16.7 Å². The van der Waals surface area contributed by atoms with E-state index in [0.29, 0.717) is 0 Å². The molecule has 96 valence electrons. The van der Waals surface area contributed by atoms with Crippen molar-refractivity contribution in [1.82, 2.24) is 0 Å². The first-order valence-electron chi connectivity index (χ1n) is 6.13. The molecule has 0 aliphatic rings. The molecule has 0 heterocycles. The third kappa shape index (κ3) is 3.79. The molecule has 19 heavy (non-hydrogen) atoms. The lowest BCUT2D eigenvalue weighted by molar-refractivity contribution is 1.46. The molecule has 2 aromatic rings. The number of aryl methyl sites for hydroxylation is 1. The molecule has 2 rings (SSSR count). The van der Waals surface area contributed by atoms with E-state index in [0.717, 1.165) is 9.77 Å². The Balaban J connectivity index is 2.45. The molecule has 0 bridgehead atoms. The van der Waals surface area contributed by atoms with Crippen LogP contribution in [0.3, 0.4) is 0 Å². The van der Waals surface area contributed by atoms with Gasteiger partial charge in [-0.05, 0) is 30.4 Å². The highest BCUT2D eigenvalue weighted by Gasteiger charge is 2.07. The smallest absolute Gasteiger partial charge is 0.0781 e. The van der Waals surface area contributed by atoms with Crippen molar-refractivity contribution in [3.05, 3.63) is 71.3 Å². The summed E-state index contributed by atoms with van der Waals surface area (Å²) in [6.07, 6.45) is 4.18. The van der Waals surface area contributed by atoms with Crippen LogP contribution in [0.25, 0.3) is 11.6 Å². The molecule has 0 aromatic heterocycles. The Labute approximate surface area is 124 Å². The highest BCUT2D eigenvalue weighted by molar-refractivity contribution is 8.24. The first-order valence-corrected chi connectivity index (χ1v) is 7.76. The number of benzene rings is 2. The molecule has 0 amide bonds. The minimum atomic E-state index is 0.924. The highest BCUT2D eigenvalue weighted by Crippen LogP contribution is 2.25. The van der Waals surface area contributed by atoms with Gasteiger partial charge in [-0.1, -0.05) is 72.4 Å². The second-order valence-electron chi connectivity index (χ2n) is 4.33. The van der Waals surface area contributed by atoms with Crippen LogP contribution in [0, 0.1) is 6.92 Å². The molecule has 0 unspecified atom stereocenters. The maximum atomic E-state index is 5.49. The lowest BCUT2D eigenvalue weighted by Gasteiger charge is -2.08. The zero-order valence-electron chi connectivity index (χ0n) is 11.1. The third-order valence-corrected chi connectivity index (χ3v) is 4.19. The van der Waals surface area contributed by atoms with E-state index in [1.807, 2.05) is 24.5 Å².